The third-order valence-corrected chi connectivity index (χ3v) is 3.03. The highest BCUT2D eigenvalue weighted by Gasteiger charge is 2.17. The molecule has 0 fully saturated rings. The Morgan fingerprint density at radius 3 is 3.07 bits per heavy atom. The standard InChI is InChI=1S/C10H9NO3S/c1-2-14-10(12)7-3-4-8-9(5-7)15(13)6-11-8/h3-6H,2H2,1H3. The average molecular weight is 223 g/mol. The van der Waals surface area contributed by atoms with Crippen LogP contribution in [-0.2, 0) is 15.5 Å². The van der Waals surface area contributed by atoms with E-state index < -0.39 is 16.8 Å². The minimum atomic E-state index is -1.23. The van der Waals surface area contributed by atoms with Crippen LogP contribution in [-0.4, -0.2) is 22.3 Å². The van der Waals surface area contributed by atoms with Crippen molar-refractivity contribution in [3.8, 4) is 0 Å². The lowest BCUT2D eigenvalue weighted by atomic mass is 10.2. The van der Waals surface area contributed by atoms with Gasteiger partial charge in [0.25, 0.3) is 0 Å². The summed E-state index contributed by atoms with van der Waals surface area (Å²) in [5.41, 5.74) is 2.43. The van der Waals surface area contributed by atoms with Gasteiger partial charge in [-0.25, -0.2) is 14.0 Å². The second kappa shape index (κ2) is 3.94. The molecular weight excluding hydrogens is 214 g/mol. The van der Waals surface area contributed by atoms with Crippen LogP contribution in [0.3, 0.4) is 0 Å². The van der Waals surface area contributed by atoms with Crippen molar-refractivity contribution < 1.29 is 13.7 Å². The van der Waals surface area contributed by atoms with E-state index in [-0.39, 0.29) is 0 Å². The predicted octanol–water partition coefficient (Wildman–Crippen LogP) is 1.64. The molecule has 1 heterocycles. The van der Waals surface area contributed by atoms with E-state index >= 15 is 0 Å². The first kappa shape index (κ1) is 10.0. The summed E-state index contributed by atoms with van der Waals surface area (Å²) in [7, 11) is -1.23. The third kappa shape index (κ3) is 1.83. The highest BCUT2D eigenvalue weighted by molar-refractivity contribution is 7.99. The summed E-state index contributed by atoms with van der Waals surface area (Å²) >= 11 is 0. The van der Waals surface area contributed by atoms with Crippen molar-refractivity contribution in [2.75, 3.05) is 6.61 Å². The van der Waals surface area contributed by atoms with E-state index in [1.807, 2.05) is 0 Å². The molecule has 1 atom stereocenters. The van der Waals surface area contributed by atoms with E-state index in [9.17, 15) is 9.00 Å². The zero-order valence-electron chi connectivity index (χ0n) is 8.10. The summed E-state index contributed by atoms with van der Waals surface area (Å²) in [5.74, 6) is -0.399. The van der Waals surface area contributed by atoms with Gasteiger partial charge in [-0.3, -0.25) is 0 Å². The smallest absolute Gasteiger partial charge is 0.338 e. The van der Waals surface area contributed by atoms with E-state index in [1.54, 1.807) is 25.1 Å². The Morgan fingerprint density at radius 2 is 2.33 bits per heavy atom. The zero-order chi connectivity index (χ0) is 10.8. The number of aliphatic imine (C=N–C) groups is 1. The van der Waals surface area contributed by atoms with Gasteiger partial charge in [-0.15, -0.1) is 0 Å². The van der Waals surface area contributed by atoms with E-state index in [2.05, 4.69) is 4.99 Å². The summed E-state index contributed by atoms with van der Waals surface area (Å²) in [6, 6.07) is 4.86. The number of rotatable bonds is 2. The molecule has 0 aromatic heterocycles. The van der Waals surface area contributed by atoms with Crippen LogP contribution in [0.15, 0.2) is 28.1 Å². The molecule has 1 unspecified atom stereocenters. The molecule has 1 aromatic rings. The molecule has 1 aliphatic heterocycles. The fourth-order valence-corrected chi connectivity index (χ4v) is 2.18. The van der Waals surface area contributed by atoms with Gasteiger partial charge in [0.05, 0.1) is 39.1 Å². The van der Waals surface area contributed by atoms with Crippen molar-refractivity contribution in [2.45, 2.75) is 11.8 Å². The highest BCUT2D eigenvalue weighted by Crippen LogP contribution is 2.28. The minimum absolute atomic E-state index is 0.329. The summed E-state index contributed by atoms with van der Waals surface area (Å²) in [4.78, 5) is 15.9. The first-order chi connectivity index (χ1) is 7.22. The monoisotopic (exact) mass is 223 g/mol. The molecule has 5 heteroatoms. The molecule has 2 rings (SSSR count). The van der Waals surface area contributed by atoms with Crippen LogP contribution in [0.25, 0.3) is 0 Å². The Balaban J connectivity index is 2.35. The quantitative estimate of drug-likeness (QED) is 0.716. The molecule has 0 amide bonds. The number of hydrogen-bond acceptors (Lipinski definition) is 4. The van der Waals surface area contributed by atoms with E-state index in [1.165, 1.54) is 5.55 Å². The molecule has 0 bridgehead atoms. The molecule has 0 aliphatic carbocycles. The topological polar surface area (TPSA) is 55.7 Å². The number of hydrogen-bond donors (Lipinski definition) is 0. The molecule has 4 nitrogen and oxygen atoms in total. The van der Waals surface area contributed by atoms with Crippen molar-refractivity contribution >= 4 is 28.0 Å². The molecule has 1 aliphatic rings. The van der Waals surface area contributed by atoms with Gasteiger partial charge in [0.2, 0.25) is 0 Å². The van der Waals surface area contributed by atoms with Crippen molar-refractivity contribution in [1.29, 1.82) is 0 Å². The van der Waals surface area contributed by atoms with Gasteiger partial charge in [-0.2, -0.15) is 0 Å². The second-order valence-electron chi connectivity index (χ2n) is 2.93. The van der Waals surface area contributed by atoms with Crippen LogP contribution in [0.5, 0.6) is 0 Å². The van der Waals surface area contributed by atoms with Crippen LogP contribution in [0, 0.1) is 0 Å². The van der Waals surface area contributed by atoms with Crippen molar-refractivity contribution in [3.05, 3.63) is 23.8 Å². The van der Waals surface area contributed by atoms with E-state index in [0.717, 1.165) is 0 Å². The van der Waals surface area contributed by atoms with Crippen molar-refractivity contribution in [2.24, 2.45) is 4.99 Å². The molecule has 1 aromatic carbocycles. The fraction of sp³-hybridized carbons (Fsp3) is 0.200. The van der Waals surface area contributed by atoms with Gasteiger partial charge in [0.1, 0.15) is 0 Å². The molecule has 0 radical (unpaired) electrons. The maximum Gasteiger partial charge on any atom is 0.338 e. The number of carbonyl (C=O) groups is 1. The lowest BCUT2D eigenvalue weighted by molar-refractivity contribution is 0.0526. The van der Waals surface area contributed by atoms with Crippen molar-refractivity contribution in [1.82, 2.24) is 0 Å². The largest absolute Gasteiger partial charge is 0.462 e. The normalized spacial score (nSPS) is 17.5. The minimum Gasteiger partial charge on any atom is -0.462 e. The lowest BCUT2D eigenvalue weighted by Crippen LogP contribution is -2.04. The molecular formula is C10H9NO3S. The van der Waals surface area contributed by atoms with Crippen LogP contribution in [0.1, 0.15) is 17.3 Å². The van der Waals surface area contributed by atoms with Gasteiger partial charge in [0.15, 0.2) is 0 Å². The summed E-state index contributed by atoms with van der Waals surface area (Å²) in [6.45, 7) is 2.07. The molecule has 78 valence electrons. The zero-order valence-corrected chi connectivity index (χ0v) is 8.91. The fourth-order valence-electron chi connectivity index (χ4n) is 1.28. The van der Waals surface area contributed by atoms with E-state index in [0.29, 0.717) is 22.8 Å². The SMILES string of the molecule is CCOC(=O)c1ccc2c(c1)S(=O)C=N2. The maximum absolute atomic E-state index is 11.4. The van der Waals surface area contributed by atoms with Crippen molar-refractivity contribution in [3.63, 3.8) is 0 Å². The Kier molecular flexibility index (Phi) is 2.64. The van der Waals surface area contributed by atoms with E-state index in [4.69, 9.17) is 4.74 Å². The Bertz CT molecular complexity index is 468. The summed E-state index contributed by atoms with van der Waals surface area (Å²) in [6.07, 6.45) is 0. The molecule has 0 N–H and O–H groups in total. The van der Waals surface area contributed by atoms with Gasteiger partial charge in [0, 0.05) is 0 Å². The molecule has 0 spiro atoms. The summed E-state index contributed by atoms with van der Waals surface area (Å²) in [5, 5.41) is 0. The number of nitrogens with zero attached hydrogens (tertiary/aromatic N) is 1. The number of benzene rings is 1. The Hall–Kier alpha value is -1.49. The first-order valence-corrected chi connectivity index (χ1v) is 5.69. The van der Waals surface area contributed by atoms with Crippen LogP contribution in [0.4, 0.5) is 5.69 Å². The number of fused-ring (bicyclic) bond motifs is 1. The Morgan fingerprint density at radius 1 is 1.53 bits per heavy atom. The second-order valence-corrected chi connectivity index (χ2v) is 4.18. The third-order valence-electron chi connectivity index (χ3n) is 1.98. The first-order valence-electron chi connectivity index (χ1n) is 4.48. The van der Waals surface area contributed by atoms with Gasteiger partial charge < -0.3 is 4.74 Å². The van der Waals surface area contributed by atoms with Crippen LogP contribution >= 0.6 is 0 Å². The molecule has 0 saturated heterocycles. The summed E-state index contributed by atoms with van der Waals surface area (Å²) < 4.78 is 16.3. The Labute approximate surface area is 89.4 Å². The van der Waals surface area contributed by atoms with Crippen LogP contribution < -0.4 is 0 Å². The molecule has 0 saturated carbocycles. The van der Waals surface area contributed by atoms with Gasteiger partial charge in [-0.05, 0) is 25.1 Å². The van der Waals surface area contributed by atoms with Crippen LogP contribution in [0.2, 0.25) is 0 Å². The van der Waals surface area contributed by atoms with Gasteiger partial charge >= 0.3 is 5.97 Å². The number of carbonyl (C=O) groups excluding carboxylic acids is 1. The number of esters is 1. The average Bonchev–Trinajstić information content (AvgIpc) is 2.60. The molecule has 15 heavy (non-hydrogen) atoms. The lowest BCUT2D eigenvalue weighted by Gasteiger charge is -2.02. The highest BCUT2D eigenvalue weighted by atomic mass is 32.2. The predicted molar refractivity (Wildman–Crippen MR) is 57.0 cm³/mol. The van der Waals surface area contributed by atoms with Gasteiger partial charge in [-0.1, -0.05) is 0 Å². The maximum atomic E-state index is 11.4. The number of ether oxygens (including phenoxy) is 1.